The minimum Gasteiger partial charge on any atom is -0.493 e. The molecule has 144 valence electrons. The first-order valence-corrected chi connectivity index (χ1v) is 10.0. The van der Waals surface area contributed by atoms with Gasteiger partial charge in [0.25, 0.3) is 0 Å². The van der Waals surface area contributed by atoms with Crippen LogP contribution in [-0.4, -0.2) is 62.8 Å². The van der Waals surface area contributed by atoms with Crippen molar-refractivity contribution in [2.24, 2.45) is 0 Å². The van der Waals surface area contributed by atoms with E-state index in [1.165, 1.54) is 11.8 Å². The highest BCUT2D eigenvalue weighted by Crippen LogP contribution is 2.39. The maximum atomic E-state index is 12.9. The second kappa shape index (κ2) is 8.71. The van der Waals surface area contributed by atoms with Crippen LogP contribution in [0.2, 0.25) is 0 Å². The summed E-state index contributed by atoms with van der Waals surface area (Å²) in [5, 5.41) is 0. The van der Waals surface area contributed by atoms with Gasteiger partial charge in [-0.25, -0.2) is 4.98 Å². The highest BCUT2D eigenvalue weighted by Gasteiger charge is 2.50. The number of methoxy groups -OCH3 is 1. The summed E-state index contributed by atoms with van der Waals surface area (Å²) in [5.74, 6) is 1.48. The molecule has 1 aliphatic rings. The van der Waals surface area contributed by atoms with Crippen molar-refractivity contribution in [2.75, 3.05) is 31.8 Å². The van der Waals surface area contributed by atoms with Gasteiger partial charge >= 0.3 is 0 Å². The number of imidazole rings is 1. The van der Waals surface area contributed by atoms with Crippen LogP contribution in [0.3, 0.4) is 0 Å². The van der Waals surface area contributed by atoms with Gasteiger partial charge in [-0.05, 0) is 12.1 Å². The maximum Gasteiger partial charge on any atom is 0.244 e. The van der Waals surface area contributed by atoms with E-state index >= 15 is 0 Å². The van der Waals surface area contributed by atoms with E-state index in [-0.39, 0.29) is 30.6 Å². The molecule has 1 aliphatic heterocycles. The number of thioether (sulfide) groups is 1. The topological polar surface area (TPSA) is 73.7 Å². The quantitative estimate of drug-likeness (QED) is 0.672. The Morgan fingerprint density at radius 2 is 2.11 bits per heavy atom. The highest BCUT2D eigenvalue weighted by molar-refractivity contribution is 8.01. The third-order valence-corrected chi connectivity index (χ3v) is 6.06. The molecule has 1 aromatic heterocycles. The fraction of sp³-hybridized carbons (Fsp3) is 0.389. The molecule has 0 radical (unpaired) electrons. The van der Waals surface area contributed by atoms with Crippen LogP contribution in [-0.2, 0) is 16.1 Å². The van der Waals surface area contributed by atoms with E-state index in [0.717, 1.165) is 0 Å². The minimum atomic E-state index is -1.10. The molecule has 2 heterocycles. The van der Waals surface area contributed by atoms with E-state index < -0.39 is 4.87 Å². The van der Waals surface area contributed by atoms with Crippen molar-refractivity contribution in [1.29, 1.82) is 0 Å². The van der Waals surface area contributed by atoms with Gasteiger partial charge in [-0.1, -0.05) is 12.1 Å². The summed E-state index contributed by atoms with van der Waals surface area (Å²) in [5.41, 5.74) is 0. The van der Waals surface area contributed by atoms with Crippen LogP contribution >= 0.6 is 24.4 Å². The molecule has 2 aromatic rings. The van der Waals surface area contributed by atoms with Crippen molar-refractivity contribution in [3.8, 4) is 11.5 Å². The molecule has 1 atom stereocenters. The standard InChI is InChI=1S/C18H21N3O4S2/c1-24-14-4-2-3-5-15(14)25-12-18(16(22)11-26)21(8-9-27-18)17(23)10-20-7-6-19-13-20/h2-7,13,26H,8-12H2,1H3. The number of Topliss-reactive ketones (excluding diaryl/α,β-unsaturated/α-hetero) is 1. The zero-order chi connectivity index (χ0) is 19.3. The third-order valence-electron chi connectivity index (χ3n) is 4.34. The lowest BCUT2D eigenvalue weighted by Crippen LogP contribution is -2.56. The van der Waals surface area contributed by atoms with E-state index in [1.807, 2.05) is 12.1 Å². The smallest absolute Gasteiger partial charge is 0.244 e. The van der Waals surface area contributed by atoms with Crippen LogP contribution in [0.15, 0.2) is 43.0 Å². The maximum absolute atomic E-state index is 12.9. The summed E-state index contributed by atoms with van der Waals surface area (Å²) in [6.07, 6.45) is 4.91. The Bertz CT molecular complexity index is 800. The van der Waals surface area contributed by atoms with Gasteiger partial charge in [-0.15, -0.1) is 11.8 Å². The van der Waals surface area contributed by atoms with Gasteiger partial charge in [-0.2, -0.15) is 12.6 Å². The monoisotopic (exact) mass is 407 g/mol. The average Bonchev–Trinajstić information content (AvgIpc) is 3.36. The number of hydrogen-bond acceptors (Lipinski definition) is 7. The van der Waals surface area contributed by atoms with Gasteiger partial charge in [0.05, 0.1) is 19.2 Å². The van der Waals surface area contributed by atoms with Crippen LogP contribution in [0, 0.1) is 0 Å². The van der Waals surface area contributed by atoms with Crippen LogP contribution in [0.5, 0.6) is 11.5 Å². The van der Waals surface area contributed by atoms with Gasteiger partial charge in [0.1, 0.15) is 13.2 Å². The number of rotatable bonds is 8. The molecule has 1 fully saturated rings. The van der Waals surface area contributed by atoms with Crippen molar-refractivity contribution < 1.29 is 19.1 Å². The summed E-state index contributed by atoms with van der Waals surface area (Å²) in [6, 6.07) is 7.22. The number of aromatic nitrogens is 2. The average molecular weight is 408 g/mol. The summed E-state index contributed by atoms with van der Waals surface area (Å²) < 4.78 is 12.9. The molecule has 1 aromatic carbocycles. The molecule has 27 heavy (non-hydrogen) atoms. The number of ketones is 1. The molecule has 0 N–H and O–H groups in total. The van der Waals surface area contributed by atoms with E-state index in [9.17, 15) is 9.59 Å². The zero-order valence-corrected chi connectivity index (χ0v) is 16.6. The number of carbonyl (C=O) groups is 2. The molecule has 0 saturated carbocycles. The van der Waals surface area contributed by atoms with Crippen molar-refractivity contribution in [3.63, 3.8) is 0 Å². The number of hydrogen-bond donors (Lipinski definition) is 1. The normalized spacial score (nSPS) is 19.1. The second-order valence-electron chi connectivity index (χ2n) is 5.93. The molecular formula is C18H21N3O4S2. The minimum absolute atomic E-state index is 0.0249. The van der Waals surface area contributed by atoms with Crippen molar-refractivity contribution in [1.82, 2.24) is 14.5 Å². The third kappa shape index (κ3) is 4.08. The molecule has 1 unspecified atom stereocenters. The van der Waals surface area contributed by atoms with Gasteiger partial charge in [0.15, 0.2) is 22.2 Å². The lowest BCUT2D eigenvalue weighted by molar-refractivity contribution is -0.141. The molecule has 1 amide bonds. The molecule has 9 heteroatoms. The largest absolute Gasteiger partial charge is 0.493 e. The lowest BCUT2D eigenvalue weighted by Gasteiger charge is -2.35. The number of carbonyl (C=O) groups excluding carboxylic acids is 2. The fourth-order valence-electron chi connectivity index (χ4n) is 2.98. The number of para-hydroxylation sites is 2. The van der Waals surface area contributed by atoms with E-state index in [0.29, 0.717) is 23.8 Å². The SMILES string of the molecule is COc1ccccc1OCC1(C(=O)CS)SCCN1C(=O)Cn1ccnc1. The van der Waals surface area contributed by atoms with Crippen molar-refractivity contribution in [3.05, 3.63) is 43.0 Å². The predicted molar refractivity (Wildman–Crippen MR) is 106 cm³/mol. The van der Waals surface area contributed by atoms with Gasteiger partial charge < -0.3 is 18.9 Å². The Hall–Kier alpha value is -2.13. The Labute approximate surface area is 167 Å². The second-order valence-corrected chi connectivity index (χ2v) is 7.62. The fourth-order valence-corrected chi connectivity index (χ4v) is 4.68. The van der Waals surface area contributed by atoms with Crippen molar-refractivity contribution in [2.45, 2.75) is 11.4 Å². The number of ether oxygens (including phenoxy) is 2. The van der Waals surface area contributed by atoms with Crippen LogP contribution < -0.4 is 9.47 Å². The van der Waals surface area contributed by atoms with Crippen LogP contribution in [0.4, 0.5) is 0 Å². The first kappa shape index (κ1) is 19.6. The first-order valence-electron chi connectivity index (χ1n) is 8.41. The lowest BCUT2D eigenvalue weighted by atomic mass is 10.1. The summed E-state index contributed by atoms with van der Waals surface area (Å²) in [4.78, 5) is 30.2. The number of amides is 1. The Balaban J connectivity index is 1.82. The van der Waals surface area contributed by atoms with Crippen molar-refractivity contribution >= 4 is 36.1 Å². The van der Waals surface area contributed by atoms with Gasteiger partial charge in [0, 0.05) is 24.7 Å². The molecule has 1 saturated heterocycles. The van der Waals surface area contributed by atoms with Gasteiger partial charge in [-0.3, -0.25) is 9.59 Å². The molecule has 3 rings (SSSR count). The summed E-state index contributed by atoms with van der Waals surface area (Å²) >= 11 is 5.59. The Kier molecular flexibility index (Phi) is 6.33. The molecule has 7 nitrogen and oxygen atoms in total. The highest BCUT2D eigenvalue weighted by atomic mass is 32.2. The molecule has 0 bridgehead atoms. The zero-order valence-electron chi connectivity index (χ0n) is 14.9. The van der Waals surface area contributed by atoms with E-state index in [1.54, 1.807) is 47.4 Å². The van der Waals surface area contributed by atoms with E-state index in [2.05, 4.69) is 17.6 Å². The predicted octanol–water partition coefficient (Wildman–Crippen LogP) is 1.74. The number of benzene rings is 1. The summed E-state index contributed by atoms with van der Waals surface area (Å²) in [6.45, 7) is 0.636. The van der Waals surface area contributed by atoms with Gasteiger partial charge in [0.2, 0.25) is 5.91 Å². The van der Waals surface area contributed by atoms with Crippen LogP contribution in [0.25, 0.3) is 0 Å². The first-order chi connectivity index (χ1) is 13.1. The number of thiol groups is 1. The van der Waals surface area contributed by atoms with E-state index in [4.69, 9.17) is 9.47 Å². The molecule has 0 aliphatic carbocycles. The Morgan fingerprint density at radius 3 is 2.78 bits per heavy atom. The summed E-state index contributed by atoms with van der Waals surface area (Å²) in [7, 11) is 1.56. The van der Waals surface area contributed by atoms with Crippen LogP contribution in [0.1, 0.15) is 0 Å². The molecule has 0 spiro atoms. The Morgan fingerprint density at radius 1 is 1.33 bits per heavy atom. The number of nitrogens with zero attached hydrogens (tertiary/aromatic N) is 3. The molecular weight excluding hydrogens is 386 g/mol.